The summed E-state index contributed by atoms with van der Waals surface area (Å²) in [5, 5.41) is 10.9. The zero-order valence-electron chi connectivity index (χ0n) is 11.7. The standard InChI is InChI=1S/C15H15NO5/c1-19-12-4-6-13(7-5-12)21-10-11-3-8-15(20-2)14(9-11)16(17)18/h3-9H,10H2,1-2H3. The number of rotatable bonds is 6. The highest BCUT2D eigenvalue weighted by molar-refractivity contribution is 5.48. The summed E-state index contributed by atoms with van der Waals surface area (Å²) in [6.45, 7) is 0.233. The van der Waals surface area contributed by atoms with E-state index in [0.717, 1.165) is 5.75 Å². The van der Waals surface area contributed by atoms with Crippen LogP contribution in [-0.2, 0) is 6.61 Å². The second-order valence-electron chi connectivity index (χ2n) is 4.23. The van der Waals surface area contributed by atoms with Gasteiger partial charge in [0.15, 0.2) is 5.75 Å². The van der Waals surface area contributed by atoms with Crippen LogP contribution in [0.15, 0.2) is 42.5 Å². The average Bonchev–Trinajstić information content (AvgIpc) is 2.53. The van der Waals surface area contributed by atoms with E-state index in [-0.39, 0.29) is 18.0 Å². The summed E-state index contributed by atoms with van der Waals surface area (Å²) in [7, 11) is 2.99. The number of benzene rings is 2. The lowest BCUT2D eigenvalue weighted by molar-refractivity contribution is -0.385. The third-order valence-corrected chi connectivity index (χ3v) is 2.90. The second-order valence-corrected chi connectivity index (χ2v) is 4.23. The molecule has 0 aliphatic rings. The minimum atomic E-state index is -0.476. The predicted octanol–water partition coefficient (Wildman–Crippen LogP) is 3.19. The van der Waals surface area contributed by atoms with E-state index >= 15 is 0 Å². The molecule has 2 aromatic rings. The van der Waals surface area contributed by atoms with Crippen molar-refractivity contribution in [3.8, 4) is 17.2 Å². The third kappa shape index (κ3) is 3.62. The van der Waals surface area contributed by atoms with Crippen LogP contribution >= 0.6 is 0 Å². The molecule has 0 unspecified atom stereocenters. The lowest BCUT2D eigenvalue weighted by Gasteiger charge is -2.08. The molecular formula is C15H15NO5. The fourth-order valence-corrected chi connectivity index (χ4v) is 1.81. The highest BCUT2D eigenvalue weighted by Crippen LogP contribution is 2.28. The van der Waals surface area contributed by atoms with Crippen molar-refractivity contribution in [1.29, 1.82) is 0 Å². The van der Waals surface area contributed by atoms with Gasteiger partial charge in [0.05, 0.1) is 19.1 Å². The molecule has 0 amide bonds. The Hall–Kier alpha value is -2.76. The number of ether oxygens (including phenoxy) is 3. The fourth-order valence-electron chi connectivity index (χ4n) is 1.81. The largest absolute Gasteiger partial charge is 0.497 e. The molecule has 0 heterocycles. The first-order valence-electron chi connectivity index (χ1n) is 6.22. The van der Waals surface area contributed by atoms with E-state index in [0.29, 0.717) is 11.3 Å². The average molecular weight is 289 g/mol. The minimum absolute atomic E-state index is 0.0756. The molecule has 6 heteroatoms. The monoisotopic (exact) mass is 289 g/mol. The maximum absolute atomic E-state index is 10.9. The van der Waals surface area contributed by atoms with E-state index in [4.69, 9.17) is 14.2 Å². The van der Waals surface area contributed by atoms with Gasteiger partial charge in [-0.1, -0.05) is 6.07 Å². The molecule has 0 N–H and O–H groups in total. The number of hydrogen-bond donors (Lipinski definition) is 0. The van der Waals surface area contributed by atoms with Crippen LogP contribution in [0.4, 0.5) is 5.69 Å². The van der Waals surface area contributed by atoms with E-state index in [2.05, 4.69) is 0 Å². The van der Waals surface area contributed by atoms with Crippen LogP contribution in [-0.4, -0.2) is 19.1 Å². The highest BCUT2D eigenvalue weighted by Gasteiger charge is 2.15. The zero-order valence-corrected chi connectivity index (χ0v) is 11.7. The summed E-state index contributed by atoms with van der Waals surface area (Å²) < 4.78 is 15.6. The van der Waals surface area contributed by atoms with Crippen LogP contribution < -0.4 is 14.2 Å². The van der Waals surface area contributed by atoms with Crippen molar-refractivity contribution in [2.45, 2.75) is 6.61 Å². The van der Waals surface area contributed by atoms with Gasteiger partial charge in [0.1, 0.15) is 18.1 Å². The predicted molar refractivity (Wildman–Crippen MR) is 77.0 cm³/mol. The van der Waals surface area contributed by atoms with Crippen molar-refractivity contribution in [2.75, 3.05) is 14.2 Å². The van der Waals surface area contributed by atoms with Crippen molar-refractivity contribution < 1.29 is 19.1 Å². The molecule has 6 nitrogen and oxygen atoms in total. The zero-order chi connectivity index (χ0) is 15.2. The summed E-state index contributed by atoms with van der Waals surface area (Å²) in [5.74, 6) is 1.63. The first kappa shape index (κ1) is 14.6. The van der Waals surface area contributed by atoms with Gasteiger partial charge in [-0.25, -0.2) is 0 Å². The molecule has 0 atom stereocenters. The summed E-state index contributed by atoms with van der Waals surface area (Å²) in [5.41, 5.74) is 0.617. The first-order chi connectivity index (χ1) is 10.1. The van der Waals surface area contributed by atoms with Gasteiger partial charge < -0.3 is 14.2 Å². The van der Waals surface area contributed by atoms with Gasteiger partial charge in [-0.2, -0.15) is 0 Å². The van der Waals surface area contributed by atoms with Crippen molar-refractivity contribution in [3.63, 3.8) is 0 Å². The molecule has 0 saturated carbocycles. The van der Waals surface area contributed by atoms with E-state index in [1.54, 1.807) is 43.5 Å². The van der Waals surface area contributed by atoms with Crippen LogP contribution in [0.25, 0.3) is 0 Å². The molecule has 0 bridgehead atoms. The van der Waals surface area contributed by atoms with Crippen molar-refractivity contribution in [2.24, 2.45) is 0 Å². The number of hydrogen-bond acceptors (Lipinski definition) is 5. The van der Waals surface area contributed by atoms with Gasteiger partial charge in [-0.3, -0.25) is 10.1 Å². The Kier molecular flexibility index (Phi) is 4.61. The molecule has 21 heavy (non-hydrogen) atoms. The second kappa shape index (κ2) is 6.60. The number of nitro benzene ring substituents is 1. The highest BCUT2D eigenvalue weighted by atomic mass is 16.6. The molecule has 0 fully saturated rings. The Bertz CT molecular complexity index is 624. The molecule has 0 aromatic heterocycles. The summed E-state index contributed by atoms with van der Waals surface area (Å²) >= 11 is 0. The summed E-state index contributed by atoms with van der Waals surface area (Å²) in [6, 6.07) is 11.9. The summed E-state index contributed by atoms with van der Waals surface area (Å²) in [4.78, 5) is 10.5. The smallest absolute Gasteiger partial charge is 0.311 e. The van der Waals surface area contributed by atoms with Gasteiger partial charge in [0, 0.05) is 6.07 Å². The molecule has 0 aliphatic heterocycles. The van der Waals surface area contributed by atoms with Gasteiger partial charge in [0.25, 0.3) is 0 Å². The first-order valence-corrected chi connectivity index (χ1v) is 6.22. The van der Waals surface area contributed by atoms with E-state index in [1.165, 1.54) is 13.2 Å². The lowest BCUT2D eigenvalue weighted by Crippen LogP contribution is -1.99. The molecule has 2 aromatic carbocycles. The number of methoxy groups -OCH3 is 2. The maximum atomic E-state index is 10.9. The van der Waals surface area contributed by atoms with Gasteiger partial charge in [-0.15, -0.1) is 0 Å². The quantitative estimate of drug-likeness (QED) is 0.603. The molecule has 0 radical (unpaired) electrons. The molecule has 0 spiro atoms. The van der Waals surface area contributed by atoms with Crippen LogP contribution in [0.5, 0.6) is 17.2 Å². The van der Waals surface area contributed by atoms with Gasteiger partial charge in [-0.05, 0) is 35.9 Å². The van der Waals surface area contributed by atoms with E-state index in [1.807, 2.05) is 0 Å². The van der Waals surface area contributed by atoms with Crippen molar-refractivity contribution in [3.05, 3.63) is 58.1 Å². The maximum Gasteiger partial charge on any atom is 0.311 e. The third-order valence-electron chi connectivity index (χ3n) is 2.90. The van der Waals surface area contributed by atoms with Gasteiger partial charge >= 0.3 is 5.69 Å². The number of nitrogens with zero attached hydrogens (tertiary/aromatic N) is 1. The summed E-state index contributed by atoms with van der Waals surface area (Å²) in [6.07, 6.45) is 0. The molecule has 0 aliphatic carbocycles. The molecular weight excluding hydrogens is 274 g/mol. The van der Waals surface area contributed by atoms with Gasteiger partial charge in [0.2, 0.25) is 0 Å². The SMILES string of the molecule is COc1ccc(OCc2ccc(OC)c([N+](=O)[O-])c2)cc1. The van der Waals surface area contributed by atoms with E-state index in [9.17, 15) is 10.1 Å². The van der Waals surface area contributed by atoms with E-state index < -0.39 is 4.92 Å². The van der Waals surface area contributed by atoms with Crippen molar-refractivity contribution in [1.82, 2.24) is 0 Å². The Morgan fingerprint density at radius 2 is 1.67 bits per heavy atom. The topological polar surface area (TPSA) is 70.8 Å². The Balaban J connectivity index is 2.08. The van der Waals surface area contributed by atoms with Crippen molar-refractivity contribution >= 4 is 5.69 Å². The Labute approximate surface area is 122 Å². The number of nitro groups is 1. The van der Waals surface area contributed by atoms with Crippen LogP contribution in [0, 0.1) is 10.1 Å². The molecule has 0 saturated heterocycles. The Morgan fingerprint density at radius 3 is 2.24 bits per heavy atom. The fraction of sp³-hybridized carbons (Fsp3) is 0.200. The normalized spacial score (nSPS) is 10.0. The van der Waals surface area contributed by atoms with Crippen LogP contribution in [0.3, 0.4) is 0 Å². The van der Waals surface area contributed by atoms with Crippen LogP contribution in [0.1, 0.15) is 5.56 Å². The Morgan fingerprint density at radius 1 is 1.00 bits per heavy atom. The molecule has 110 valence electrons. The minimum Gasteiger partial charge on any atom is -0.497 e. The van der Waals surface area contributed by atoms with Crippen LogP contribution in [0.2, 0.25) is 0 Å². The lowest BCUT2D eigenvalue weighted by atomic mass is 10.2. The molecule has 2 rings (SSSR count).